The van der Waals surface area contributed by atoms with Crippen molar-refractivity contribution in [1.29, 1.82) is 0 Å². The van der Waals surface area contributed by atoms with E-state index in [9.17, 15) is 14.7 Å². The first-order chi connectivity index (χ1) is 16.4. The highest BCUT2D eigenvalue weighted by molar-refractivity contribution is 6.00. The van der Waals surface area contributed by atoms with E-state index in [1.165, 1.54) is 0 Å². The Morgan fingerprint density at radius 2 is 1.82 bits per heavy atom. The first kappa shape index (κ1) is 28.2. The van der Waals surface area contributed by atoms with E-state index in [2.05, 4.69) is 12.2 Å². The number of hydrogen-bond donors (Lipinski definition) is 2. The van der Waals surface area contributed by atoms with Gasteiger partial charge in [-0.1, -0.05) is 51.1 Å². The second-order valence-corrected chi connectivity index (χ2v) is 7.04. The van der Waals surface area contributed by atoms with Gasteiger partial charge in [0, 0.05) is 23.9 Å². The van der Waals surface area contributed by atoms with E-state index in [1.807, 2.05) is 69.3 Å². The van der Waals surface area contributed by atoms with Crippen LogP contribution in [0.4, 0.5) is 5.69 Å². The Kier molecular flexibility index (Phi) is 12.5. The number of rotatable bonds is 7. The van der Waals surface area contributed by atoms with Crippen LogP contribution in [0.3, 0.4) is 0 Å². The van der Waals surface area contributed by atoms with E-state index < -0.39 is 0 Å². The zero-order chi connectivity index (χ0) is 25.5. The van der Waals surface area contributed by atoms with Gasteiger partial charge < -0.3 is 14.8 Å². The van der Waals surface area contributed by atoms with Gasteiger partial charge >= 0.3 is 0 Å². The molecule has 0 spiro atoms. The predicted octanol–water partition coefficient (Wildman–Crippen LogP) is 7.79. The molecule has 0 aliphatic rings. The minimum absolute atomic E-state index is 0.0280. The van der Waals surface area contributed by atoms with Crippen molar-refractivity contribution in [1.82, 2.24) is 0 Å². The van der Waals surface area contributed by atoms with Crippen molar-refractivity contribution in [3.63, 3.8) is 0 Å². The van der Waals surface area contributed by atoms with Crippen LogP contribution in [0.5, 0.6) is 5.75 Å². The number of nitrogens with one attached hydrogen (secondary N) is 1. The molecule has 2 aromatic carbocycles. The second kappa shape index (κ2) is 15.1. The Hall–Kier alpha value is -3.86. The number of carbonyl (C=O) groups is 2. The quantitative estimate of drug-likeness (QED) is 0.213. The Labute approximate surface area is 202 Å². The number of Topliss-reactive ketones (excluding diaryl/α,β-unsaturated/α-hetero) is 1. The molecule has 0 atom stereocenters. The zero-order valence-electron chi connectivity index (χ0n) is 20.9. The molecule has 0 aliphatic heterocycles. The maximum absolute atomic E-state index is 11.4. The standard InChI is InChI=1S/C14H16O2.C13H13NO2.C2H6/c1-3-5-6-11(4-2)12-7-8-14(16)13(9-12)10-15;1-9(15)12-4-3-10(7-13(12)14-2)11-5-6-16-8-11;1-2/h3,5-10,16H,4H2,1-2H3;3-8,14H,1-2H3;1-2H3/b5-3-,11-6+;;. The van der Waals surface area contributed by atoms with Crippen LogP contribution in [0.2, 0.25) is 0 Å². The molecule has 0 unspecified atom stereocenters. The average molecular weight is 462 g/mol. The second-order valence-electron chi connectivity index (χ2n) is 7.04. The summed E-state index contributed by atoms with van der Waals surface area (Å²) in [7, 11) is 1.81. The van der Waals surface area contributed by atoms with Crippen molar-refractivity contribution in [3.05, 3.63) is 89.9 Å². The highest BCUT2D eigenvalue weighted by Crippen LogP contribution is 2.26. The zero-order valence-corrected chi connectivity index (χ0v) is 20.9. The third-order valence-corrected chi connectivity index (χ3v) is 4.92. The fourth-order valence-electron chi connectivity index (χ4n) is 3.15. The normalized spacial score (nSPS) is 10.6. The number of anilines is 1. The lowest BCUT2D eigenvalue weighted by Crippen LogP contribution is -2.00. The molecule has 0 saturated heterocycles. The number of furan rings is 1. The van der Waals surface area contributed by atoms with Gasteiger partial charge in [-0.3, -0.25) is 9.59 Å². The largest absolute Gasteiger partial charge is 0.507 e. The Balaban J connectivity index is 0.000000317. The summed E-state index contributed by atoms with van der Waals surface area (Å²) < 4.78 is 5.03. The smallest absolute Gasteiger partial charge is 0.161 e. The van der Waals surface area contributed by atoms with E-state index in [1.54, 1.807) is 38.6 Å². The first-order valence-electron chi connectivity index (χ1n) is 11.4. The van der Waals surface area contributed by atoms with Crippen LogP contribution in [0, 0.1) is 0 Å². The third-order valence-electron chi connectivity index (χ3n) is 4.92. The van der Waals surface area contributed by atoms with Crippen molar-refractivity contribution in [2.45, 2.75) is 41.0 Å². The molecule has 3 rings (SSSR count). The van der Waals surface area contributed by atoms with Crippen LogP contribution >= 0.6 is 0 Å². The monoisotopic (exact) mass is 461 g/mol. The molecule has 0 fully saturated rings. The summed E-state index contributed by atoms with van der Waals surface area (Å²) in [6, 6.07) is 12.7. The topological polar surface area (TPSA) is 79.5 Å². The maximum Gasteiger partial charge on any atom is 0.161 e. The molecule has 0 radical (unpaired) electrons. The summed E-state index contributed by atoms with van der Waals surface area (Å²) in [5.41, 5.74) is 6.02. The van der Waals surface area contributed by atoms with Crippen LogP contribution < -0.4 is 5.32 Å². The molecular weight excluding hydrogens is 426 g/mol. The van der Waals surface area contributed by atoms with Crippen molar-refractivity contribution >= 4 is 23.3 Å². The highest BCUT2D eigenvalue weighted by Gasteiger charge is 2.08. The molecule has 2 N–H and O–H groups in total. The molecular formula is C29H35NO4. The molecule has 5 nitrogen and oxygen atoms in total. The molecule has 34 heavy (non-hydrogen) atoms. The number of benzene rings is 2. The number of carbonyl (C=O) groups excluding carboxylic acids is 2. The SMILES string of the molecule is C/C=C\C=C(/CC)c1ccc(O)c(C=O)c1.CC.CNc1cc(-c2ccoc2)ccc1C(C)=O. The van der Waals surface area contributed by atoms with E-state index in [0.29, 0.717) is 17.4 Å². The van der Waals surface area contributed by atoms with Gasteiger partial charge in [0.25, 0.3) is 0 Å². The molecule has 1 aromatic heterocycles. The van der Waals surface area contributed by atoms with Crippen LogP contribution in [0.25, 0.3) is 16.7 Å². The van der Waals surface area contributed by atoms with Gasteiger partial charge in [-0.2, -0.15) is 0 Å². The number of ketones is 1. The minimum atomic E-state index is 0.0280. The van der Waals surface area contributed by atoms with E-state index in [0.717, 1.165) is 34.4 Å². The van der Waals surface area contributed by atoms with Gasteiger partial charge in [0.2, 0.25) is 0 Å². The molecule has 0 bridgehead atoms. The maximum atomic E-state index is 11.4. The molecule has 0 aliphatic carbocycles. The lowest BCUT2D eigenvalue weighted by Gasteiger charge is -2.08. The number of phenolic OH excluding ortho intramolecular Hbond substituents is 1. The predicted molar refractivity (Wildman–Crippen MR) is 142 cm³/mol. The van der Waals surface area contributed by atoms with Crippen molar-refractivity contribution in [2.75, 3.05) is 12.4 Å². The van der Waals surface area contributed by atoms with Gasteiger partial charge in [-0.05, 0) is 67.3 Å². The Bertz CT molecular complexity index is 1110. The summed E-state index contributed by atoms with van der Waals surface area (Å²) in [4.78, 5) is 22.1. The van der Waals surface area contributed by atoms with E-state index in [4.69, 9.17) is 4.42 Å². The first-order valence-corrected chi connectivity index (χ1v) is 11.4. The fraction of sp³-hybridized carbons (Fsp3) is 0.241. The Morgan fingerprint density at radius 3 is 2.35 bits per heavy atom. The lowest BCUT2D eigenvalue weighted by atomic mass is 10.0. The van der Waals surface area contributed by atoms with Crippen molar-refractivity contribution in [3.8, 4) is 16.9 Å². The molecule has 180 valence electrons. The summed E-state index contributed by atoms with van der Waals surface area (Å²) in [6.45, 7) is 9.58. The number of hydrogen-bond acceptors (Lipinski definition) is 5. The number of allylic oxidation sites excluding steroid dienone is 4. The number of aromatic hydroxyl groups is 1. The van der Waals surface area contributed by atoms with Crippen molar-refractivity contribution in [2.24, 2.45) is 0 Å². The van der Waals surface area contributed by atoms with Crippen molar-refractivity contribution < 1.29 is 19.1 Å². The van der Waals surface area contributed by atoms with Gasteiger partial charge in [-0.15, -0.1) is 0 Å². The third kappa shape index (κ3) is 7.93. The van der Waals surface area contributed by atoms with Crippen LogP contribution in [-0.4, -0.2) is 24.2 Å². The van der Waals surface area contributed by atoms with Gasteiger partial charge in [0.15, 0.2) is 12.1 Å². The average Bonchev–Trinajstić information content (AvgIpc) is 3.41. The lowest BCUT2D eigenvalue weighted by molar-refractivity contribution is 0.101. The molecule has 0 saturated carbocycles. The van der Waals surface area contributed by atoms with E-state index >= 15 is 0 Å². The Morgan fingerprint density at radius 1 is 1.09 bits per heavy atom. The van der Waals surface area contributed by atoms with Crippen LogP contribution in [0.15, 0.2) is 77.6 Å². The molecule has 1 heterocycles. The number of phenols is 1. The van der Waals surface area contributed by atoms with Gasteiger partial charge in [0.1, 0.15) is 5.75 Å². The fourth-order valence-corrected chi connectivity index (χ4v) is 3.15. The van der Waals surface area contributed by atoms with Crippen LogP contribution in [0.1, 0.15) is 67.3 Å². The highest BCUT2D eigenvalue weighted by atomic mass is 16.3. The minimum Gasteiger partial charge on any atom is -0.507 e. The summed E-state index contributed by atoms with van der Waals surface area (Å²) in [5, 5.41) is 12.4. The van der Waals surface area contributed by atoms with E-state index in [-0.39, 0.29) is 11.5 Å². The van der Waals surface area contributed by atoms with Gasteiger partial charge in [-0.25, -0.2) is 0 Å². The molecule has 3 aromatic rings. The van der Waals surface area contributed by atoms with Gasteiger partial charge in [0.05, 0.1) is 18.1 Å². The summed E-state index contributed by atoms with van der Waals surface area (Å²) in [5.74, 6) is 0.0864. The number of aldehydes is 1. The van der Waals surface area contributed by atoms with Crippen LogP contribution in [-0.2, 0) is 0 Å². The summed E-state index contributed by atoms with van der Waals surface area (Å²) >= 11 is 0. The molecule has 5 heteroatoms. The summed E-state index contributed by atoms with van der Waals surface area (Å²) in [6.07, 6.45) is 10.8. The molecule has 0 amide bonds.